The highest BCUT2D eigenvalue weighted by atomic mass is 35.5. The second kappa shape index (κ2) is 8.14. The van der Waals surface area contributed by atoms with Crippen LogP contribution in [0, 0.1) is 5.82 Å². The van der Waals surface area contributed by atoms with Crippen LogP contribution in [0.25, 0.3) is 11.3 Å². The third kappa shape index (κ3) is 4.38. The number of rotatable bonds is 7. The van der Waals surface area contributed by atoms with Crippen molar-refractivity contribution in [2.45, 2.75) is 13.0 Å². The standard InChI is InChI=1S/C19H19ClFN3O/c1-25-18-7-4-14(10-17(18)21)19-15(12-23-24-19)11-22-9-8-13-2-5-16(20)6-3-13/h2-7,10,12,22H,8-9,11H2,1H3,(H,23,24). The third-order valence-electron chi connectivity index (χ3n) is 3.98. The monoisotopic (exact) mass is 359 g/mol. The number of nitrogens with one attached hydrogen (secondary N) is 2. The number of nitrogens with zero attached hydrogens (tertiary/aromatic N) is 1. The van der Waals surface area contributed by atoms with Gasteiger partial charge in [0.15, 0.2) is 11.6 Å². The van der Waals surface area contributed by atoms with Crippen LogP contribution in [-0.4, -0.2) is 23.9 Å². The minimum absolute atomic E-state index is 0.228. The molecule has 0 bridgehead atoms. The maximum atomic E-state index is 13.9. The van der Waals surface area contributed by atoms with Crippen LogP contribution >= 0.6 is 11.6 Å². The Balaban J connectivity index is 1.60. The Bertz CT molecular complexity index is 833. The van der Waals surface area contributed by atoms with Crippen molar-refractivity contribution in [3.05, 3.63) is 70.6 Å². The number of hydrogen-bond acceptors (Lipinski definition) is 3. The van der Waals surface area contributed by atoms with Crippen molar-refractivity contribution < 1.29 is 9.13 Å². The lowest BCUT2D eigenvalue weighted by Gasteiger charge is -2.08. The summed E-state index contributed by atoms with van der Waals surface area (Å²) in [5.74, 6) is -0.165. The highest BCUT2D eigenvalue weighted by Crippen LogP contribution is 2.26. The topological polar surface area (TPSA) is 49.9 Å². The molecule has 0 unspecified atom stereocenters. The first-order valence-electron chi connectivity index (χ1n) is 7.98. The van der Waals surface area contributed by atoms with Gasteiger partial charge in [-0.15, -0.1) is 0 Å². The van der Waals surface area contributed by atoms with Gasteiger partial charge in [0.25, 0.3) is 0 Å². The van der Waals surface area contributed by atoms with Crippen molar-refractivity contribution >= 4 is 11.6 Å². The maximum absolute atomic E-state index is 13.9. The molecule has 0 fully saturated rings. The molecule has 3 aromatic rings. The van der Waals surface area contributed by atoms with Crippen LogP contribution in [-0.2, 0) is 13.0 Å². The fraction of sp³-hybridized carbons (Fsp3) is 0.211. The summed E-state index contributed by atoms with van der Waals surface area (Å²) >= 11 is 5.89. The zero-order valence-electron chi connectivity index (χ0n) is 13.9. The van der Waals surface area contributed by atoms with E-state index in [0.29, 0.717) is 6.54 Å². The predicted molar refractivity (Wildman–Crippen MR) is 97.4 cm³/mol. The Morgan fingerprint density at radius 1 is 1.20 bits per heavy atom. The summed E-state index contributed by atoms with van der Waals surface area (Å²) in [5.41, 5.74) is 3.76. The van der Waals surface area contributed by atoms with Crippen molar-refractivity contribution in [1.29, 1.82) is 0 Å². The molecule has 0 spiro atoms. The van der Waals surface area contributed by atoms with Gasteiger partial charge in [-0.3, -0.25) is 5.10 Å². The molecule has 0 atom stereocenters. The molecule has 130 valence electrons. The Morgan fingerprint density at radius 2 is 2.00 bits per heavy atom. The van der Waals surface area contributed by atoms with Crippen LogP contribution in [0.4, 0.5) is 4.39 Å². The summed E-state index contributed by atoms with van der Waals surface area (Å²) in [6.45, 7) is 1.47. The zero-order chi connectivity index (χ0) is 17.6. The molecule has 4 nitrogen and oxygen atoms in total. The molecule has 0 aliphatic rings. The smallest absolute Gasteiger partial charge is 0.165 e. The second-order valence-corrected chi connectivity index (χ2v) is 6.11. The van der Waals surface area contributed by atoms with E-state index in [4.69, 9.17) is 16.3 Å². The van der Waals surface area contributed by atoms with Gasteiger partial charge in [0.05, 0.1) is 19.0 Å². The van der Waals surface area contributed by atoms with Gasteiger partial charge >= 0.3 is 0 Å². The fourth-order valence-electron chi connectivity index (χ4n) is 2.62. The van der Waals surface area contributed by atoms with Gasteiger partial charge in [-0.2, -0.15) is 5.10 Å². The number of halogens is 2. The van der Waals surface area contributed by atoms with Gasteiger partial charge in [0.1, 0.15) is 0 Å². The van der Waals surface area contributed by atoms with Crippen LogP contribution < -0.4 is 10.1 Å². The van der Waals surface area contributed by atoms with Crippen LogP contribution in [0.2, 0.25) is 5.02 Å². The Hall–Kier alpha value is -2.37. The van der Waals surface area contributed by atoms with E-state index in [1.807, 2.05) is 30.3 Å². The number of hydrogen-bond donors (Lipinski definition) is 2. The number of methoxy groups -OCH3 is 1. The molecule has 3 rings (SSSR count). The first-order chi connectivity index (χ1) is 12.2. The summed E-state index contributed by atoms with van der Waals surface area (Å²) < 4.78 is 18.9. The minimum atomic E-state index is -0.392. The number of aromatic amines is 1. The highest BCUT2D eigenvalue weighted by Gasteiger charge is 2.10. The van der Waals surface area contributed by atoms with E-state index in [-0.39, 0.29) is 5.75 Å². The number of benzene rings is 2. The normalized spacial score (nSPS) is 10.8. The van der Waals surface area contributed by atoms with Crippen molar-refractivity contribution in [2.75, 3.05) is 13.7 Å². The predicted octanol–water partition coefficient (Wildman–Crippen LogP) is 4.21. The van der Waals surface area contributed by atoms with Crippen molar-refractivity contribution in [3.63, 3.8) is 0 Å². The summed E-state index contributed by atoms with van der Waals surface area (Å²) in [6.07, 6.45) is 2.66. The highest BCUT2D eigenvalue weighted by molar-refractivity contribution is 6.30. The number of aromatic nitrogens is 2. The van der Waals surface area contributed by atoms with Gasteiger partial charge in [0, 0.05) is 22.7 Å². The number of ether oxygens (including phenoxy) is 1. The van der Waals surface area contributed by atoms with Gasteiger partial charge < -0.3 is 10.1 Å². The lowest BCUT2D eigenvalue weighted by molar-refractivity contribution is 0.386. The van der Waals surface area contributed by atoms with Crippen LogP contribution in [0.1, 0.15) is 11.1 Å². The zero-order valence-corrected chi connectivity index (χ0v) is 14.6. The molecule has 1 aromatic heterocycles. The van der Waals surface area contributed by atoms with Crippen LogP contribution in [0.15, 0.2) is 48.7 Å². The summed E-state index contributed by atoms with van der Waals surface area (Å²) in [7, 11) is 1.45. The summed E-state index contributed by atoms with van der Waals surface area (Å²) in [4.78, 5) is 0. The molecule has 0 amide bonds. The van der Waals surface area contributed by atoms with Crippen molar-refractivity contribution in [1.82, 2.24) is 15.5 Å². The molecule has 0 radical (unpaired) electrons. The average molecular weight is 360 g/mol. The molecular weight excluding hydrogens is 341 g/mol. The molecular formula is C19H19ClFN3O. The van der Waals surface area contributed by atoms with Gasteiger partial charge in [-0.25, -0.2) is 4.39 Å². The third-order valence-corrected chi connectivity index (χ3v) is 4.23. The maximum Gasteiger partial charge on any atom is 0.165 e. The lowest BCUT2D eigenvalue weighted by Crippen LogP contribution is -2.16. The van der Waals surface area contributed by atoms with E-state index in [0.717, 1.165) is 34.8 Å². The Kier molecular flexibility index (Phi) is 5.68. The quantitative estimate of drug-likeness (QED) is 0.621. The number of H-pyrrole nitrogens is 1. The van der Waals surface area contributed by atoms with E-state index in [2.05, 4.69) is 15.5 Å². The van der Waals surface area contributed by atoms with Crippen molar-refractivity contribution in [2.24, 2.45) is 0 Å². The largest absolute Gasteiger partial charge is 0.494 e. The molecule has 2 aromatic carbocycles. The molecule has 6 heteroatoms. The molecule has 2 N–H and O–H groups in total. The second-order valence-electron chi connectivity index (χ2n) is 5.67. The van der Waals surface area contributed by atoms with Crippen molar-refractivity contribution in [3.8, 4) is 17.0 Å². The first-order valence-corrected chi connectivity index (χ1v) is 8.36. The lowest BCUT2D eigenvalue weighted by atomic mass is 10.1. The molecule has 25 heavy (non-hydrogen) atoms. The first kappa shape index (κ1) is 17.5. The van der Waals surface area contributed by atoms with E-state index < -0.39 is 5.82 Å². The van der Waals surface area contributed by atoms with E-state index in [1.165, 1.54) is 18.7 Å². The molecule has 0 aliphatic carbocycles. The SMILES string of the molecule is COc1ccc(-c2[nH]ncc2CNCCc2ccc(Cl)cc2)cc1F. The fourth-order valence-corrected chi connectivity index (χ4v) is 2.75. The van der Waals surface area contributed by atoms with Crippen LogP contribution in [0.3, 0.4) is 0 Å². The molecule has 0 aliphatic heterocycles. The van der Waals surface area contributed by atoms with E-state index >= 15 is 0 Å². The Labute approximate surface area is 151 Å². The van der Waals surface area contributed by atoms with E-state index in [9.17, 15) is 4.39 Å². The summed E-state index contributed by atoms with van der Waals surface area (Å²) in [6, 6.07) is 12.7. The minimum Gasteiger partial charge on any atom is -0.494 e. The summed E-state index contributed by atoms with van der Waals surface area (Å²) in [5, 5.41) is 11.2. The molecule has 0 saturated carbocycles. The van der Waals surface area contributed by atoms with E-state index in [1.54, 1.807) is 12.3 Å². The molecule has 1 heterocycles. The molecule has 0 saturated heterocycles. The Morgan fingerprint density at radius 3 is 2.72 bits per heavy atom. The van der Waals surface area contributed by atoms with Gasteiger partial charge in [-0.05, 0) is 48.9 Å². The van der Waals surface area contributed by atoms with Gasteiger partial charge in [0.2, 0.25) is 0 Å². The van der Waals surface area contributed by atoms with Crippen LogP contribution in [0.5, 0.6) is 5.75 Å². The van der Waals surface area contributed by atoms with Gasteiger partial charge in [-0.1, -0.05) is 23.7 Å². The average Bonchev–Trinajstić information content (AvgIpc) is 3.08.